The molecule has 16 heavy (non-hydrogen) atoms. The largest absolute Gasteiger partial charge is 0.384 e. The van der Waals surface area contributed by atoms with Gasteiger partial charge in [0, 0.05) is 19.0 Å². The molecular weight excluding hydrogens is 198 g/mol. The molecule has 0 bridgehead atoms. The second-order valence-corrected chi connectivity index (χ2v) is 4.41. The second kappa shape index (κ2) is 3.37. The smallest absolute Gasteiger partial charge is 0.121 e. The van der Waals surface area contributed by atoms with E-state index < -0.39 is 0 Å². The Morgan fingerprint density at radius 1 is 1.38 bits per heavy atom. The van der Waals surface area contributed by atoms with Crippen LogP contribution < -0.4 is 5.73 Å². The molecule has 1 aromatic heterocycles. The first kappa shape index (κ1) is 9.46. The van der Waals surface area contributed by atoms with Crippen molar-refractivity contribution < 1.29 is 0 Å². The number of anilines is 1. The summed E-state index contributed by atoms with van der Waals surface area (Å²) < 4.78 is 1.75. The van der Waals surface area contributed by atoms with Crippen LogP contribution in [0.1, 0.15) is 29.2 Å². The minimum absolute atomic E-state index is 0.430. The highest BCUT2D eigenvalue weighted by molar-refractivity contribution is 5.43. The fraction of sp³-hybridized carbons (Fsp3) is 0.308. The Hall–Kier alpha value is -1.77. The van der Waals surface area contributed by atoms with Crippen LogP contribution in [0.4, 0.5) is 5.82 Å². The Kier molecular flexibility index (Phi) is 1.99. The van der Waals surface area contributed by atoms with E-state index >= 15 is 0 Å². The van der Waals surface area contributed by atoms with Crippen molar-refractivity contribution in [3.8, 4) is 0 Å². The number of rotatable bonds is 1. The predicted octanol–water partition coefficient (Wildman–Crippen LogP) is 2.08. The number of hydrogen-bond donors (Lipinski definition) is 1. The van der Waals surface area contributed by atoms with Crippen LogP contribution in [0.2, 0.25) is 0 Å². The molecule has 1 aromatic carbocycles. The summed E-state index contributed by atoms with van der Waals surface area (Å²) in [6.07, 6.45) is 2.30. The van der Waals surface area contributed by atoms with Gasteiger partial charge in [0.05, 0.1) is 5.69 Å². The molecule has 2 N–H and O–H groups in total. The van der Waals surface area contributed by atoms with Crippen LogP contribution in [0.25, 0.3) is 0 Å². The zero-order chi connectivity index (χ0) is 11.1. The Morgan fingerprint density at radius 2 is 2.19 bits per heavy atom. The van der Waals surface area contributed by atoms with Crippen LogP contribution in [0.15, 0.2) is 30.3 Å². The van der Waals surface area contributed by atoms with Crippen LogP contribution in [0, 0.1) is 0 Å². The van der Waals surface area contributed by atoms with Gasteiger partial charge in [-0.3, -0.25) is 4.68 Å². The highest BCUT2D eigenvalue weighted by Gasteiger charge is 2.25. The van der Waals surface area contributed by atoms with Crippen molar-refractivity contribution in [2.24, 2.45) is 7.05 Å². The van der Waals surface area contributed by atoms with Crippen LogP contribution in [-0.2, 0) is 13.5 Å². The Bertz CT molecular complexity index is 508. The molecule has 0 spiro atoms. The van der Waals surface area contributed by atoms with Crippen molar-refractivity contribution in [1.29, 1.82) is 0 Å². The van der Waals surface area contributed by atoms with Crippen molar-refractivity contribution in [1.82, 2.24) is 9.78 Å². The van der Waals surface area contributed by atoms with E-state index in [1.807, 2.05) is 13.1 Å². The monoisotopic (exact) mass is 213 g/mol. The molecular formula is C13H15N3. The van der Waals surface area contributed by atoms with Gasteiger partial charge < -0.3 is 5.73 Å². The molecule has 1 heterocycles. The lowest BCUT2D eigenvalue weighted by Gasteiger charge is -2.07. The van der Waals surface area contributed by atoms with Crippen LogP contribution in [0.3, 0.4) is 0 Å². The minimum Gasteiger partial charge on any atom is -0.384 e. The number of nitrogen functional groups attached to an aromatic ring is 1. The molecule has 1 atom stereocenters. The Morgan fingerprint density at radius 3 is 2.94 bits per heavy atom. The highest BCUT2D eigenvalue weighted by atomic mass is 15.3. The number of nitrogens with two attached hydrogens (primary N) is 1. The molecule has 0 radical (unpaired) electrons. The van der Waals surface area contributed by atoms with Crippen molar-refractivity contribution in [3.05, 3.63) is 47.2 Å². The summed E-state index contributed by atoms with van der Waals surface area (Å²) in [5, 5.41) is 4.48. The van der Waals surface area contributed by atoms with Crippen molar-refractivity contribution >= 4 is 5.82 Å². The normalized spacial score (nSPS) is 18.7. The molecule has 82 valence electrons. The molecule has 0 saturated heterocycles. The predicted molar refractivity (Wildman–Crippen MR) is 64.2 cm³/mol. The van der Waals surface area contributed by atoms with E-state index in [-0.39, 0.29) is 0 Å². The van der Waals surface area contributed by atoms with Crippen molar-refractivity contribution in [2.45, 2.75) is 18.8 Å². The molecule has 3 heteroatoms. The topological polar surface area (TPSA) is 43.8 Å². The van der Waals surface area contributed by atoms with E-state index in [1.165, 1.54) is 11.1 Å². The van der Waals surface area contributed by atoms with E-state index in [9.17, 15) is 0 Å². The lowest BCUT2D eigenvalue weighted by Crippen LogP contribution is -2.00. The number of aromatic nitrogens is 2. The number of nitrogens with zero attached hydrogens (tertiary/aromatic N) is 2. The van der Waals surface area contributed by atoms with E-state index in [4.69, 9.17) is 5.73 Å². The van der Waals surface area contributed by atoms with Crippen LogP contribution in [-0.4, -0.2) is 9.78 Å². The zero-order valence-electron chi connectivity index (χ0n) is 9.35. The highest BCUT2D eigenvalue weighted by Crippen LogP contribution is 2.37. The van der Waals surface area contributed by atoms with Crippen LogP contribution in [0.5, 0.6) is 0 Å². The molecule has 0 fully saturated rings. The molecule has 1 aliphatic carbocycles. The lowest BCUT2D eigenvalue weighted by atomic mass is 9.98. The van der Waals surface area contributed by atoms with E-state index in [1.54, 1.807) is 4.68 Å². The first-order valence-corrected chi connectivity index (χ1v) is 5.63. The average molecular weight is 213 g/mol. The average Bonchev–Trinajstić information content (AvgIpc) is 2.83. The molecule has 2 aromatic rings. The molecule has 1 aliphatic rings. The van der Waals surface area contributed by atoms with Crippen LogP contribution >= 0.6 is 0 Å². The molecule has 1 unspecified atom stereocenters. The van der Waals surface area contributed by atoms with Gasteiger partial charge in [-0.15, -0.1) is 0 Å². The van der Waals surface area contributed by atoms with Gasteiger partial charge in [0.25, 0.3) is 0 Å². The van der Waals surface area contributed by atoms with Gasteiger partial charge in [-0.25, -0.2) is 0 Å². The standard InChI is InChI=1S/C13H15N3/c1-16-13(14)8-12(15-16)11-7-6-9-4-2-3-5-10(9)11/h2-5,8,11H,6-7,14H2,1H3. The number of benzene rings is 1. The summed E-state index contributed by atoms with van der Waals surface area (Å²) in [7, 11) is 1.89. The van der Waals surface area contributed by atoms with Gasteiger partial charge in [0.15, 0.2) is 0 Å². The number of hydrogen-bond acceptors (Lipinski definition) is 2. The number of aryl methyl sites for hydroxylation is 2. The van der Waals surface area contributed by atoms with Gasteiger partial charge in [-0.05, 0) is 24.0 Å². The summed E-state index contributed by atoms with van der Waals surface area (Å²) in [5.74, 6) is 1.17. The van der Waals surface area contributed by atoms with Gasteiger partial charge in [0.1, 0.15) is 5.82 Å². The Balaban J connectivity index is 2.04. The Labute approximate surface area is 94.9 Å². The fourth-order valence-corrected chi connectivity index (χ4v) is 2.54. The van der Waals surface area contributed by atoms with Gasteiger partial charge >= 0.3 is 0 Å². The SMILES string of the molecule is Cn1nc(C2CCc3ccccc32)cc1N. The summed E-state index contributed by atoms with van der Waals surface area (Å²) in [5.41, 5.74) is 9.80. The first-order chi connectivity index (χ1) is 7.75. The summed E-state index contributed by atoms with van der Waals surface area (Å²) in [6, 6.07) is 10.6. The minimum atomic E-state index is 0.430. The third-order valence-electron chi connectivity index (χ3n) is 3.42. The third-order valence-corrected chi connectivity index (χ3v) is 3.42. The van der Waals surface area contributed by atoms with Gasteiger partial charge in [-0.1, -0.05) is 24.3 Å². The zero-order valence-corrected chi connectivity index (χ0v) is 9.35. The second-order valence-electron chi connectivity index (χ2n) is 4.41. The molecule has 0 saturated carbocycles. The molecule has 0 amide bonds. The van der Waals surface area contributed by atoms with Gasteiger partial charge in [-0.2, -0.15) is 5.10 Å². The number of fused-ring (bicyclic) bond motifs is 1. The van der Waals surface area contributed by atoms with Crippen molar-refractivity contribution in [2.75, 3.05) is 5.73 Å². The molecule has 0 aliphatic heterocycles. The maximum atomic E-state index is 5.83. The van der Waals surface area contributed by atoms with E-state index in [0.717, 1.165) is 24.4 Å². The van der Waals surface area contributed by atoms with Gasteiger partial charge in [0.2, 0.25) is 0 Å². The lowest BCUT2D eigenvalue weighted by molar-refractivity contribution is 0.701. The first-order valence-electron chi connectivity index (χ1n) is 5.63. The van der Waals surface area contributed by atoms with Crippen molar-refractivity contribution in [3.63, 3.8) is 0 Å². The van der Waals surface area contributed by atoms with E-state index in [2.05, 4.69) is 29.4 Å². The molecule has 3 rings (SSSR count). The summed E-state index contributed by atoms with van der Waals surface area (Å²) in [6.45, 7) is 0. The molecule has 3 nitrogen and oxygen atoms in total. The summed E-state index contributed by atoms with van der Waals surface area (Å²) in [4.78, 5) is 0. The third kappa shape index (κ3) is 1.32. The fourth-order valence-electron chi connectivity index (χ4n) is 2.54. The van der Waals surface area contributed by atoms with E-state index in [0.29, 0.717) is 5.92 Å². The maximum absolute atomic E-state index is 5.83. The maximum Gasteiger partial charge on any atom is 0.121 e. The quantitative estimate of drug-likeness (QED) is 0.788. The summed E-state index contributed by atoms with van der Waals surface area (Å²) >= 11 is 0.